The number of benzene rings is 1. The highest BCUT2D eigenvalue weighted by atomic mass is 32.2. The number of carbonyl (C=O) groups is 1. The summed E-state index contributed by atoms with van der Waals surface area (Å²) in [5.74, 6) is 1.94. The molecular formula is C20H24N4OS. The van der Waals surface area contributed by atoms with Gasteiger partial charge in [0.1, 0.15) is 11.9 Å². The highest BCUT2D eigenvalue weighted by molar-refractivity contribution is 7.98. The van der Waals surface area contributed by atoms with E-state index >= 15 is 0 Å². The number of thioether (sulfide) groups is 1. The summed E-state index contributed by atoms with van der Waals surface area (Å²) >= 11 is 1.76. The fraction of sp³-hybridized carbons (Fsp3) is 0.300. The van der Waals surface area contributed by atoms with Gasteiger partial charge in [0, 0.05) is 43.4 Å². The van der Waals surface area contributed by atoms with Crippen LogP contribution in [0.3, 0.4) is 0 Å². The molecule has 0 radical (unpaired) electrons. The lowest BCUT2D eigenvalue weighted by Gasteiger charge is -2.18. The highest BCUT2D eigenvalue weighted by Gasteiger charge is 2.18. The molecule has 3 aromatic rings. The van der Waals surface area contributed by atoms with Gasteiger partial charge in [-0.1, -0.05) is 30.3 Å². The van der Waals surface area contributed by atoms with Crippen LogP contribution in [0.4, 0.5) is 0 Å². The van der Waals surface area contributed by atoms with Crippen LogP contribution in [-0.2, 0) is 11.3 Å². The molecule has 0 spiro atoms. The van der Waals surface area contributed by atoms with Crippen LogP contribution in [0, 0.1) is 0 Å². The SMILES string of the molecule is CSCCC(C(=O)NCCn1ccnc1-c1ccccc1)n1cccc1. The summed E-state index contributed by atoms with van der Waals surface area (Å²) in [6, 6.07) is 13.8. The van der Waals surface area contributed by atoms with E-state index in [4.69, 9.17) is 0 Å². The van der Waals surface area contributed by atoms with Crippen molar-refractivity contribution < 1.29 is 4.79 Å². The summed E-state index contributed by atoms with van der Waals surface area (Å²) < 4.78 is 4.06. The second kappa shape index (κ2) is 9.29. The number of nitrogens with zero attached hydrogens (tertiary/aromatic N) is 3. The lowest BCUT2D eigenvalue weighted by Crippen LogP contribution is -2.34. The highest BCUT2D eigenvalue weighted by Crippen LogP contribution is 2.17. The molecule has 1 aromatic carbocycles. The van der Waals surface area contributed by atoms with Crippen molar-refractivity contribution in [1.82, 2.24) is 19.4 Å². The van der Waals surface area contributed by atoms with E-state index in [1.54, 1.807) is 18.0 Å². The lowest BCUT2D eigenvalue weighted by molar-refractivity contribution is -0.124. The van der Waals surface area contributed by atoms with Gasteiger partial charge in [0.25, 0.3) is 0 Å². The number of amides is 1. The van der Waals surface area contributed by atoms with E-state index in [-0.39, 0.29) is 11.9 Å². The van der Waals surface area contributed by atoms with E-state index in [1.165, 1.54) is 0 Å². The molecule has 0 saturated carbocycles. The predicted octanol–water partition coefficient (Wildman–Crippen LogP) is 3.46. The molecular weight excluding hydrogens is 344 g/mol. The minimum atomic E-state index is -0.158. The Hall–Kier alpha value is -2.47. The molecule has 0 aliphatic rings. The zero-order valence-corrected chi connectivity index (χ0v) is 15.7. The van der Waals surface area contributed by atoms with Crippen LogP contribution in [0.25, 0.3) is 11.4 Å². The average molecular weight is 369 g/mol. The van der Waals surface area contributed by atoms with Gasteiger partial charge < -0.3 is 14.5 Å². The molecule has 2 aromatic heterocycles. The molecule has 1 amide bonds. The number of rotatable bonds is 9. The Morgan fingerprint density at radius 2 is 1.92 bits per heavy atom. The van der Waals surface area contributed by atoms with E-state index in [0.29, 0.717) is 13.1 Å². The molecule has 0 fully saturated rings. The Balaban J connectivity index is 1.59. The summed E-state index contributed by atoms with van der Waals surface area (Å²) in [5, 5.41) is 3.08. The van der Waals surface area contributed by atoms with Gasteiger partial charge in [-0.2, -0.15) is 11.8 Å². The maximum Gasteiger partial charge on any atom is 0.243 e. The van der Waals surface area contributed by atoms with Crippen LogP contribution in [0.5, 0.6) is 0 Å². The monoisotopic (exact) mass is 368 g/mol. The fourth-order valence-corrected chi connectivity index (χ4v) is 3.41. The first-order valence-electron chi connectivity index (χ1n) is 8.75. The van der Waals surface area contributed by atoms with Crippen LogP contribution in [0.2, 0.25) is 0 Å². The number of carbonyl (C=O) groups excluding carboxylic acids is 1. The third kappa shape index (κ3) is 4.58. The fourth-order valence-electron chi connectivity index (χ4n) is 2.96. The molecule has 0 bridgehead atoms. The van der Waals surface area contributed by atoms with Crippen LogP contribution in [-0.4, -0.2) is 38.6 Å². The second-order valence-corrected chi connectivity index (χ2v) is 7.01. The minimum Gasteiger partial charge on any atom is -0.353 e. The van der Waals surface area contributed by atoms with E-state index in [0.717, 1.165) is 23.6 Å². The predicted molar refractivity (Wildman–Crippen MR) is 107 cm³/mol. The molecule has 3 rings (SSSR count). The van der Waals surface area contributed by atoms with Gasteiger partial charge in [-0.15, -0.1) is 0 Å². The average Bonchev–Trinajstić information content (AvgIpc) is 3.35. The van der Waals surface area contributed by atoms with Gasteiger partial charge >= 0.3 is 0 Å². The molecule has 0 aliphatic carbocycles. The zero-order valence-electron chi connectivity index (χ0n) is 14.9. The lowest BCUT2D eigenvalue weighted by atomic mass is 10.2. The minimum absolute atomic E-state index is 0.0663. The zero-order chi connectivity index (χ0) is 18.2. The van der Waals surface area contributed by atoms with Crippen molar-refractivity contribution in [3.8, 4) is 11.4 Å². The molecule has 5 nitrogen and oxygen atoms in total. The van der Waals surface area contributed by atoms with E-state index in [1.807, 2.05) is 65.6 Å². The van der Waals surface area contributed by atoms with Crippen molar-refractivity contribution in [2.45, 2.75) is 19.0 Å². The van der Waals surface area contributed by atoms with Gasteiger partial charge in [0.15, 0.2) is 0 Å². The number of nitrogens with one attached hydrogen (secondary N) is 1. The van der Waals surface area contributed by atoms with Gasteiger partial charge in [0.2, 0.25) is 5.91 Å². The van der Waals surface area contributed by atoms with E-state index < -0.39 is 0 Å². The standard InChI is InChI=1S/C20H24N4OS/c1-26-16-9-18(23-12-5-6-13-23)20(25)22-11-15-24-14-10-21-19(24)17-7-3-2-4-8-17/h2-8,10,12-14,18H,9,11,15-16H2,1H3,(H,22,25). The first-order valence-corrected chi connectivity index (χ1v) is 10.1. The van der Waals surface area contributed by atoms with Crippen LogP contribution < -0.4 is 5.32 Å². The van der Waals surface area contributed by atoms with Crippen molar-refractivity contribution in [1.29, 1.82) is 0 Å². The van der Waals surface area contributed by atoms with Crippen molar-refractivity contribution in [2.24, 2.45) is 0 Å². The molecule has 6 heteroatoms. The van der Waals surface area contributed by atoms with E-state index in [2.05, 4.69) is 21.1 Å². The Morgan fingerprint density at radius 1 is 1.15 bits per heavy atom. The van der Waals surface area contributed by atoms with Crippen molar-refractivity contribution >= 4 is 17.7 Å². The summed E-state index contributed by atoms with van der Waals surface area (Å²) in [4.78, 5) is 17.1. The molecule has 0 saturated heterocycles. The third-order valence-corrected chi connectivity index (χ3v) is 4.93. The van der Waals surface area contributed by atoms with Crippen LogP contribution >= 0.6 is 11.8 Å². The number of aromatic nitrogens is 3. The molecule has 2 heterocycles. The van der Waals surface area contributed by atoms with Crippen LogP contribution in [0.15, 0.2) is 67.3 Å². The molecule has 0 aliphatic heterocycles. The summed E-state index contributed by atoms with van der Waals surface area (Å²) in [6.07, 6.45) is 10.5. The Morgan fingerprint density at radius 3 is 2.65 bits per heavy atom. The third-order valence-electron chi connectivity index (χ3n) is 4.28. The molecule has 1 atom stereocenters. The Labute approximate surface area is 158 Å². The van der Waals surface area contributed by atoms with Gasteiger partial charge in [-0.3, -0.25) is 4.79 Å². The normalized spacial score (nSPS) is 12.0. The van der Waals surface area contributed by atoms with Gasteiger partial charge in [-0.25, -0.2) is 4.98 Å². The number of imidazole rings is 1. The molecule has 26 heavy (non-hydrogen) atoms. The quantitative estimate of drug-likeness (QED) is 0.629. The van der Waals surface area contributed by atoms with Crippen molar-refractivity contribution in [3.05, 3.63) is 67.3 Å². The maximum atomic E-state index is 12.7. The summed E-state index contributed by atoms with van der Waals surface area (Å²) in [7, 11) is 0. The first-order chi connectivity index (χ1) is 12.8. The Bertz CT molecular complexity index is 798. The largest absolute Gasteiger partial charge is 0.353 e. The second-order valence-electron chi connectivity index (χ2n) is 6.03. The molecule has 136 valence electrons. The van der Waals surface area contributed by atoms with Gasteiger partial charge in [0.05, 0.1) is 0 Å². The smallest absolute Gasteiger partial charge is 0.243 e. The topological polar surface area (TPSA) is 51.9 Å². The summed E-state index contributed by atoms with van der Waals surface area (Å²) in [5.41, 5.74) is 1.08. The molecule has 1 N–H and O–H groups in total. The van der Waals surface area contributed by atoms with Crippen LogP contribution in [0.1, 0.15) is 12.5 Å². The maximum absolute atomic E-state index is 12.7. The summed E-state index contributed by atoms with van der Waals surface area (Å²) in [6.45, 7) is 1.27. The number of hydrogen-bond donors (Lipinski definition) is 1. The first kappa shape index (κ1) is 18.3. The van der Waals surface area contributed by atoms with Crippen molar-refractivity contribution in [2.75, 3.05) is 18.6 Å². The van der Waals surface area contributed by atoms with E-state index in [9.17, 15) is 4.79 Å². The number of hydrogen-bond acceptors (Lipinski definition) is 3. The molecule has 1 unspecified atom stereocenters. The van der Waals surface area contributed by atoms with Gasteiger partial charge in [-0.05, 0) is 30.6 Å². The van der Waals surface area contributed by atoms with Crippen molar-refractivity contribution in [3.63, 3.8) is 0 Å². The Kier molecular flexibility index (Phi) is 6.55.